The Balaban J connectivity index is 0.00000220. The monoisotopic (exact) mass is 331 g/mol. The van der Waals surface area contributed by atoms with Crippen molar-refractivity contribution in [3.8, 4) is 0 Å². The fourth-order valence-electron chi connectivity index (χ4n) is 2.30. The third-order valence-corrected chi connectivity index (χ3v) is 4.38. The van der Waals surface area contributed by atoms with Gasteiger partial charge in [0, 0.05) is 36.2 Å². The Morgan fingerprint density at radius 2 is 2.10 bits per heavy atom. The van der Waals surface area contributed by atoms with Gasteiger partial charge in [-0.25, -0.2) is 0 Å². The number of nitro groups is 1. The van der Waals surface area contributed by atoms with Crippen LogP contribution in [0.4, 0.5) is 5.69 Å². The van der Waals surface area contributed by atoms with Gasteiger partial charge in [0.25, 0.3) is 5.69 Å². The zero-order valence-electron chi connectivity index (χ0n) is 11.4. The van der Waals surface area contributed by atoms with Crippen LogP contribution in [0, 0.1) is 10.1 Å². The minimum Gasteiger partial charge on any atom is -0.338 e. The highest BCUT2D eigenvalue weighted by Gasteiger charge is 2.27. The Morgan fingerprint density at radius 1 is 1.43 bits per heavy atom. The Morgan fingerprint density at radius 3 is 2.67 bits per heavy atom. The molecule has 1 saturated heterocycles. The number of halogens is 1. The molecule has 1 fully saturated rings. The van der Waals surface area contributed by atoms with E-state index in [1.165, 1.54) is 23.9 Å². The quantitative estimate of drug-likeness (QED) is 0.506. The van der Waals surface area contributed by atoms with Crippen LogP contribution in [0.3, 0.4) is 0 Å². The Hall–Kier alpha value is -1.31. The van der Waals surface area contributed by atoms with Crippen LogP contribution in [0.2, 0.25) is 0 Å². The third-order valence-electron chi connectivity index (χ3n) is 3.38. The van der Waals surface area contributed by atoms with E-state index >= 15 is 0 Å². The first-order valence-corrected chi connectivity index (χ1v) is 7.47. The van der Waals surface area contributed by atoms with Gasteiger partial charge in [0.15, 0.2) is 0 Å². The molecule has 2 rings (SSSR count). The number of likely N-dealkylation sites (tertiary alicyclic amines) is 1. The lowest BCUT2D eigenvalue weighted by atomic mass is 10.2. The maximum absolute atomic E-state index is 12.1. The van der Waals surface area contributed by atoms with E-state index in [1.807, 2.05) is 4.90 Å². The van der Waals surface area contributed by atoms with E-state index in [1.54, 1.807) is 12.1 Å². The normalized spacial score (nSPS) is 17.4. The average Bonchev–Trinajstić information content (AvgIpc) is 2.93. The van der Waals surface area contributed by atoms with E-state index in [-0.39, 0.29) is 30.0 Å². The van der Waals surface area contributed by atoms with Gasteiger partial charge in [-0.3, -0.25) is 14.9 Å². The van der Waals surface area contributed by atoms with E-state index in [4.69, 9.17) is 5.73 Å². The van der Waals surface area contributed by atoms with Crippen molar-refractivity contribution in [1.29, 1.82) is 0 Å². The highest BCUT2D eigenvalue weighted by molar-refractivity contribution is 8.00. The standard InChI is InChI=1S/C13H17N3O3S.ClH/c14-8-11-2-1-7-15(11)13(17)9-20-12-5-3-10(4-6-12)16(18)19;/h3-6,11H,1-2,7-9,14H2;1H. The Labute approximate surface area is 133 Å². The second-order valence-corrected chi connectivity index (χ2v) is 5.71. The maximum Gasteiger partial charge on any atom is 0.269 e. The van der Waals surface area contributed by atoms with Crippen molar-refractivity contribution in [3.63, 3.8) is 0 Å². The van der Waals surface area contributed by atoms with Gasteiger partial charge in [0.1, 0.15) is 0 Å². The summed E-state index contributed by atoms with van der Waals surface area (Å²) in [5.74, 6) is 0.426. The van der Waals surface area contributed by atoms with E-state index in [2.05, 4.69) is 0 Å². The smallest absolute Gasteiger partial charge is 0.269 e. The Bertz CT molecular complexity index is 498. The summed E-state index contributed by atoms with van der Waals surface area (Å²) in [6.07, 6.45) is 1.99. The van der Waals surface area contributed by atoms with Crippen LogP contribution in [0.25, 0.3) is 0 Å². The molecule has 1 unspecified atom stereocenters. The molecule has 2 N–H and O–H groups in total. The van der Waals surface area contributed by atoms with Crippen molar-refractivity contribution in [2.24, 2.45) is 5.73 Å². The minimum absolute atomic E-state index is 0. The van der Waals surface area contributed by atoms with E-state index in [0.717, 1.165) is 24.3 Å². The van der Waals surface area contributed by atoms with Gasteiger partial charge >= 0.3 is 0 Å². The molecule has 0 spiro atoms. The zero-order valence-corrected chi connectivity index (χ0v) is 13.1. The predicted octanol–water partition coefficient (Wildman–Crippen LogP) is 2.06. The van der Waals surface area contributed by atoms with Crippen LogP contribution < -0.4 is 5.73 Å². The fraction of sp³-hybridized carbons (Fsp3) is 0.462. The molecule has 1 aromatic carbocycles. The van der Waals surface area contributed by atoms with Crippen molar-refractivity contribution in [1.82, 2.24) is 4.90 Å². The second kappa shape index (κ2) is 8.21. The largest absolute Gasteiger partial charge is 0.338 e. The summed E-state index contributed by atoms with van der Waals surface area (Å²) in [6.45, 7) is 1.29. The molecule has 21 heavy (non-hydrogen) atoms. The molecule has 1 atom stereocenters. The summed E-state index contributed by atoms with van der Waals surface area (Å²) < 4.78 is 0. The predicted molar refractivity (Wildman–Crippen MR) is 84.9 cm³/mol. The van der Waals surface area contributed by atoms with Crippen molar-refractivity contribution in [3.05, 3.63) is 34.4 Å². The lowest BCUT2D eigenvalue weighted by Crippen LogP contribution is -2.40. The first-order valence-electron chi connectivity index (χ1n) is 6.48. The molecule has 0 saturated carbocycles. The van der Waals surface area contributed by atoms with Crippen LogP contribution in [0.15, 0.2) is 29.2 Å². The number of hydrogen-bond donors (Lipinski definition) is 1. The topological polar surface area (TPSA) is 89.5 Å². The van der Waals surface area contributed by atoms with Gasteiger partial charge < -0.3 is 10.6 Å². The molecule has 1 aliphatic rings. The number of carbonyl (C=O) groups is 1. The molecule has 0 aliphatic carbocycles. The molecule has 8 heteroatoms. The highest BCUT2D eigenvalue weighted by Crippen LogP contribution is 2.23. The average molecular weight is 332 g/mol. The number of nitro benzene ring substituents is 1. The molecule has 116 valence electrons. The number of non-ortho nitro benzene ring substituents is 1. The first kappa shape index (κ1) is 17.7. The zero-order chi connectivity index (χ0) is 14.5. The number of nitrogens with zero attached hydrogens (tertiary/aromatic N) is 2. The minimum atomic E-state index is -0.435. The van der Waals surface area contributed by atoms with Crippen molar-refractivity contribution >= 4 is 35.8 Å². The van der Waals surface area contributed by atoms with Gasteiger partial charge in [-0.1, -0.05) is 0 Å². The summed E-state index contributed by atoms with van der Waals surface area (Å²) in [7, 11) is 0. The molecule has 1 heterocycles. The van der Waals surface area contributed by atoms with E-state index < -0.39 is 4.92 Å². The molecular formula is C13H18ClN3O3S. The van der Waals surface area contributed by atoms with Gasteiger partial charge in [-0.15, -0.1) is 24.2 Å². The molecule has 1 amide bonds. The first-order chi connectivity index (χ1) is 9.61. The van der Waals surface area contributed by atoms with Crippen LogP contribution in [-0.2, 0) is 4.79 Å². The van der Waals surface area contributed by atoms with Crippen LogP contribution in [0.1, 0.15) is 12.8 Å². The van der Waals surface area contributed by atoms with Crippen LogP contribution in [0.5, 0.6) is 0 Å². The summed E-state index contributed by atoms with van der Waals surface area (Å²) in [5, 5.41) is 10.5. The number of carbonyl (C=O) groups excluding carboxylic acids is 1. The number of rotatable bonds is 5. The third kappa shape index (κ3) is 4.59. The van der Waals surface area contributed by atoms with Crippen LogP contribution >= 0.6 is 24.2 Å². The van der Waals surface area contributed by atoms with E-state index in [9.17, 15) is 14.9 Å². The van der Waals surface area contributed by atoms with Crippen molar-refractivity contribution in [2.45, 2.75) is 23.8 Å². The van der Waals surface area contributed by atoms with Crippen molar-refractivity contribution in [2.75, 3.05) is 18.8 Å². The van der Waals surface area contributed by atoms with Gasteiger partial charge in [0.05, 0.1) is 10.7 Å². The molecule has 0 bridgehead atoms. The number of thioether (sulfide) groups is 1. The maximum atomic E-state index is 12.1. The van der Waals surface area contributed by atoms with Crippen molar-refractivity contribution < 1.29 is 9.72 Å². The molecular weight excluding hydrogens is 314 g/mol. The molecule has 6 nitrogen and oxygen atoms in total. The molecule has 1 aliphatic heterocycles. The van der Waals surface area contributed by atoms with Gasteiger partial charge in [-0.2, -0.15) is 0 Å². The molecule has 1 aromatic rings. The highest BCUT2D eigenvalue weighted by atomic mass is 35.5. The SMILES string of the molecule is Cl.NCC1CCCN1C(=O)CSc1ccc([N+](=O)[O-])cc1. The lowest BCUT2D eigenvalue weighted by molar-refractivity contribution is -0.384. The van der Waals surface area contributed by atoms with Gasteiger partial charge in [0.2, 0.25) is 5.91 Å². The molecule has 0 aromatic heterocycles. The Kier molecular flexibility index (Phi) is 6.94. The van der Waals surface area contributed by atoms with Gasteiger partial charge in [-0.05, 0) is 25.0 Å². The summed E-state index contributed by atoms with van der Waals surface area (Å²) >= 11 is 1.39. The van der Waals surface area contributed by atoms with E-state index in [0.29, 0.717) is 12.3 Å². The fourth-order valence-corrected chi connectivity index (χ4v) is 3.09. The summed E-state index contributed by atoms with van der Waals surface area (Å²) in [4.78, 5) is 24.9. The molecule has 0 radical (unpaired) electrons. The number of amides is 1. The van der Waals surface area contributed by atoms with Crippen LogP contribution in [-0.4, -0.2) is 40.6 Å². The number of hydrogen-bond acceptors (Lipinski definition) is 5. The lowest BCUT2D eigenvalue weighted by Gasteiger charge is -2.23. The second-order valence-electron chi connectivity index (χ2n) is 4.66. The summed E-state index contributed by atoms with van der Waals surface area (Å²) in [6, 6.07) is 6.40. The summed E-state index contributed by atoms with van der Waals surface area (Å²) in [5.41, 5.74) is 5.71. The number of benzene rings is 1. The number of nitrogens with two attached hydrogens (primary N) is 1.